The molecule has 0 spiro atoms. The smallest absolute Gasteiger partial charge is 0.169 e. The lowest BCUT2D eigenvalue weighted by atomic mass is 9.86. The van der Waals surface area contributed by atoms with Gasteiger partial charge in [0.2, 0.25) is 0 Å². The number of methoxy groups -OCH3 is 1. The van der Waals surface area contributed by atoms with Gasteiger partial charge in [-0.2, -0.15) is 0 Å². The van der Waals surface area contributed by atoms with E-state index in [0.29, 0.717) is 5.92 Å². The Bertz CT molecular complexity index is 433. The van der Waals surface area contributed by atoms with E-state index in [1.54, 1.807) is 7.11 Å². The number of ether oxygens (including phenoxy) is 1. The predicted molar refractivity (Wildman–Crippen MR) is 116 cm³/mol. The SMILES string of the molecule is CCCCCCCCCCCC(CCCC)C(Cl)(OC)c1ccccc1. The molecule has 2 unspecified atom stereocenters. The van der Waals surface area contributed by atoms with Crippen molar-refractivity contribution in [1.29, 1.82) is 0 Å². The summed E-state index contributed by atoms with van der Waals surface area (Å²) >= 11 is 7.04. The Morgan fingerprint density at radius 2 is 1.27 bits per heavy atom. The van der Waals surface area contributed by atoms with Crippen LogP contribution in [0, 0.1) is 5.92 Å². The highest BCUT2D eigenvalue weighted by Crippen LogP contribution is 2.42. The molecule has 1 aromatic rings. The molecule has 0 fully saturated rings. The molecule has 0 aliphatic rings. The lowest BCUT2D eigenvalue weighted by Gasteiger charge is -2.35. The van der Waals surface area contributed by atoms with Crippen molar-refractivity contribution in [3.8, 4) is 0 Å². The number of benzene rings is 1. The molecule has 0 saturated heterocycles. The largest absolute Gasteiger partial charge is 0.358 e. The molecule has 0 bridgehead atoms. The summed E-state index contributed by atoms with van der Waals surface area (Å²) in [6, 6.07) is 10.4. The fourth-order valence-corrected chi connectivity index (χ4v) is 4.20. The maximum Gasteiger partial charge on any atom is 0.169 e. The van der Waals surface area contributed by atoms with Gasteiger partial charge in [-0.3, -0.25) is 0 Å². The first-order valence-electron chi connectivity index (χ1n) is 11.0. The van der Waals surface area contributed by atoms with Crippen LogP contribution in [0.1, 0.15) is 103 Å². The van der Waals surface area contributed by atoms with Crippen molar-refractivity contribution >= 4 is 11.6 Å². The fourth-order valence-electron chi connectivity index (χ4n) is 3.85. The summed E-state index contributed by atoms with van der Waals surface area (Å²) in [7, 11) is 1.76. The van der Waals surface area contributed by atoms with E-state index in [2.05, 4.69) is 38.1 Å². The van der Waals surface area contributed by atoms with Crippen molar-refractivity contribution in [1.82, 2.24) is 0 Å². The summed E-state index contributed by atoms with van der Waals surface area (Å²) in [5.74, 6) is 0.376. The van der Waals surface area contributed by atoms with Crippen molar-refractivity contribution < 1.29 is 4.74 Å². The fraction of sp³-hybridized carbons (Fsp3) is 0.750. The molecule has 2 atom stereocenters. The van der Waals surface area contributed by atoms with Crippen molar-refractivity contribution in [2.45, 2.75) is 102 Å². The molecule has 0 radical (unpaired) electrons. The van der Waals surface area contributed by atoms with Crippen LogP contribution in [0.25, 0.3) is 0 Å². The van der Waals surface area contributed by atoms with Crippen LogP contribution in [0.2, 0.25) is 0 Å². The third-order valence-corrected chi connectivity index (χ3v) is 6.23. The van der Waals surface area contributed by atoms with Crippen LogP contribution in [-0.4, -0.2) is 7.11 Å². The molecule has 150 valence electrons. The van der Waals surface area contributed by atoms with Gasteiger partial charge in [0.1, 0.15) is 0 Å². The molecule has 2 heteroatoms. The molecule has 0 amide bonds. The van der Waals surface area contributed by atoms with Gasteiger partial charge in [0.25, 0.3) is 0 Å². The monoisotopic (exact) mass is 380 g/mol. The second kappa shape index (κ2) is 14.5. The zero-order chi connectivity index (χ0) is 19.1. The Labute approximate surface area is 167 Å². The van der Waals surface area contributed by atoms with Gasteiger partial charge in [0, 0.05) is 13.0 Å². The van der Waals surface area contributed by atoms with Crippen LogP contribution in [0.3, 0.4) is 0 Å². The van der Waals surface area contributed by atoms with Gasteiger partial charge < -0.3 is 4.74 Å². The van der Waals surface area contributed by atoms with Gasteiger partial charge in [0.15, 0.2) is 5.06 Å². The number of hydrogen-bond donors (Lipinski definition) is 0. The van der Waals surface area contributed by atoms with Gasteiger partial charge in [-0.05, 0) is 18.4 Å². The molecule has 1 nitrogen and oxygen atoms in total. The minimum Gasteiger partial charge on any atom is -0.358 e. The minimum atomic E-state index is -0.684. The zero-order valence-electron chi connectivity index (χ0n) is 17.4. The van der Waals surface area contributed by atoms with Gasteiger partial charge in [-0.1, -0.05) is 126 Å². The van der Waals surface area contributed by atoms with Crippen LogP contribution >= 0.6 is 11.6 Å². The lowest BCUT2D eigenvalue weighted by Crippen LogP contribution is -2.31. The topological polar surface area (TPSA) is 9.23 Å². The Morgan fingerprint density at radius 3 is 1.81 bits per heavy atom. The van der Waals surface area contributed by atoms with E-state index in [9.17, 15) is 0 Å². The van der Waals surface area contributed by atoms with Crippen LogP contribution in [-0.2, 0) is 9.80 Å². The normalized spacial score (nSPS) is 14.9. The van der Waals surface area contributed by atoms with Crippen LogP contribution in [0.15, 0.2) is 30.3 Å². The van der Waals surface area contributed by atoms with E-state index >= 15 is 0 Å². The molecule has 1 rings (SSSR count). The summed E-state index contributed by atoms with van der Waals surface area (Å²) in [4.78, 5) is 0. The van der Waals surface area contributed by atoms with Crippen LogP contribution in [0.5, 0.6) is 0 Å². The maximum absolute atomic E-state index is 7.04. The molecular formula is C24H41ClO. The molecule has 0 N–H and O–H groups in total. The number of alkyl halides is 1. The van der Waals surface area contributed by atoms with Crippen molar-refractivity contribution in [2.24, 2.45) is 5.92 Å². The maximum atomic E-state index is 7.04. The van der Waals surface area contributed by atoms with Gasteiger partial charge in [-0.25, -0.2) is 0 Å². The predicted octanol–water partition coefficient (Wildman–Crippen LogP) is 8.45. The summed E-state index contributed by atoms with van der Waals surface area (Å²) < 4.78 is 5.88. The second-order valence-corrected chi connectivity index (χ2v) is 8.23. The minimum absolute atomic E-state index is 0.376. The number of hydrogen-bond acceptors (Lipinski definition) is 1. The molecule has 0 heterocycles. The summed E-state index contributed by atoms with van der Waals surface area (Å²) in [5.41, 5.74) is 1.10. The summed E-state index contributed by atoms with van der Waals surface area (Å²) in [6.45, 7) is 4.53. The van der Waals surface area contributed by atoms with E-state index in [1.807, 2.05) is 6.07 Å². The molecule has 26 heavy (non-hydrogen) atoms. The zero-order valence-corrected chi connectivity index (χ0v) is 18.2. The van der Waals surface area contributed by atoms with Crippen LogP contribution in [0.4, 0.5) is 0 Å². The van der Waals surface area contributed by atoms with Gasteiger partial charge in [0.05, 0.1) is 0 Å². The highest BCUT2D eigenvalue weighted by Gasteiger charge is 2.37. The van der Waals surface area contributed by atoms with E-state index in [-0.39, 0.29) is 0 Å². The molecule has 0 saturated carbocycles. The molecular weight excluding hydrogens is 340 g/mol. The van der Waals surface area contributed by atoms with E-state index in [1.165, 1.54) is 70.6 Å². The van der Waals surface area contributed by atoms with E-state index in [4.69, 9.17) is 16.3 Å². The van der Waals surface area contributed by atoms with Crippen LogP contribution < -0.4 is 0 Å². The number of rotatable bonds is 16. The van der Waals surface area contributed by atoms with Crippen molar-refractivity contribution in [3.05, 3.63) is 35.9 Å². The Kier molecular flexibility index (Phi) is 13.1. The molecule has 1 aromatic carbocycles. The number of unbranched alkanes of at least 4 members (excludes halogenated alkanes) is 9. The van der Waals surface area contributed by atoms with Crippen molar-refractivity contribution in [3.63, 3.8) is 0 Å². The molecule has 0 aliphatic carbocycles. The summed E-state index contributed by atoms with van der Waals surface area (Å²) in [6.07, 6.45) is 17.0. The second-order valence-electron chi connectivity index (χ2n) is 7.67. The Balaban J connectivity index is 2.45. The summed E-state index contributed by atoms with van der Waals surface area (Å²) in [5, 5.41) is -0.684. The quantitative estimate of drug-likeness (QED) is 0.206. The van der Waals surface area contributed by atoms with Crippen molar-refractivity contribution in [2.75, 3.05) is 7.11 Å². The standard InChI is InChI=1S/C24H41ClO/c1-4-6-8-9-10-11-12-13-15-19-22(18-7-5-2)24(25,26-3)23-20-16-14-17-21-23/h14,16-17,20-22H,4-13,15,18-19H2,1-3H3. The highest BCUT2D eigenvalue weighted by molar-refractivity contribution is 6.23. The first-order valence-corrected chi connectivity index (χ1v) is 11.4. The molecule has 0 aromatic heterocycles. The third kappa shape index (κ3) is 8.44. The van der Waals surface area contributed by atoms with E-state index < -0.39 is 5.06 Å². The first kappa shape index (κ1) is 23.5. The Hall–Kier alpha value is -0.530. The third-order valence-electron chi connectivity index (χ3n) is 5.55. The van der Waals surface area contributed by atoms with E-state index in [0.717, 1.165) is 18.4 Å². The lowest BCUT2D eigenvalue weighted by molar-refractivity contribution is 0.000749. The molecule has 0 aliphatic heterocycles. The average Bonchev–Trinajstić information content (AvgIpc) is 2.69. The number of halogens is 1. The van der Waals surface area contributed by atoms with Gasteiger partial charge in [-0.15, -0.1) is 0 Å². The van der Waals surface area contributed by atoms with Gasteiger partial charge >= 0.3 is 0 Å². The average molecular weight is 381 g/mol. The Morgan fingerprint density at radius 1 is 0.769 bits per heavy atom. The highest BCUT2D eigenvalue weighted by atomic mass is 35.5. The first-order chi connectivity index (χ1) is 12.7.